The molecule has 0 saturated carbocycles. The van der Waals surface area contributed by atoms with Crippen LogP contribution in [0.4, 0.5) is 0 Å². The molecule has 0 aliphatic rings. The second-order valence-corrected chi connectivity index (χ2v) is 9.80. The zero-order valence-corrected chi connectivity index (χ0v) is 24.4. The van der Waals surface area contributed by atoms with E-state index in [-0.39, 0.29) is 11.5 Å². The lowest BCUT2D eigenvalue weighted by molar-refractivity contribution is -0.147. The van der Waals surface area contributed by atoms with Gasteiger partial charge in [0.15, 0.2) is 23.4 Å². The number of para-hydroxylation sites is 1. The Hall–Kier alpha value is -4.66. The lowest BCUT2D eigenvalue weighted by Crippen LogP contribution is -2.25. The van der Waals surface area contributed by atoms with E-state index in [0.717, 1.165) is 22.4 Å². The van der Waals surface area contributed by atoms with E-state index in [2.05, 4.69) is 18.9 Å². The van der Waals surface area contributed by atoms with Crippen LogP contribution in [0.5, 0.6) is 17.2 Å². The first kappa shape index (κ1) is 29.3. The maximum atomic E-state index is 13.7. The van der Waals surface area contributed by atoms with Crippen LogP contribution in [-0.2, 0) is 9.53 Å². The van der Waals surface area contributed by atoms with Gasteiger partial charge in [0.25, 0.3) is 5.56 Å². The van der Waals surface area contributed by atoms with Crippen LogP contribution in [-0.4, -0.2) is 48.8 Å². The summed E-state index contributed by atoms with van der Waals surface area (Å²) in [5.41, 5.74) is 3.66. The van der Waals surface area contributed by atoms with E-state index >= 15 is 0 Å². The van der Waals surface area contributed by atoms with Gasteiger partial charge in [-0.05, 0) is 85.8 Å². The van der Waals surface area contributed by atoms with Gasteiger partial charge in [-0.1, -0.05) is 26.0 Å². The number of nitrogens with zero attached hydrogens (tertiary/aromatic N) is 3. The van der Waals surface area contributed by atoms with Gasteiger partial charge < -0.3 is 18.9 Å². The summed E-state index contributed by atoms with van der Waals surface area (Å²) in [4.78, 5) is 30.4. The Balaban J connectivity index is 1.84. The van der Waals surface area contributed by atoms with Gasteiger partial charge in [0.1, 0.15) is 5.75 Å². The molecule has 3 aromatic carbocycles. The average molecular weight is 558 g/mol. The van der Waals surface area contributed by atoms with Gasteiger partial charge in [-0.3, -0.25) is 4.79 Å². The van der Waals surface area contributed by atoms with Crippen LogP contribution in [0.1, 0.15) is 50.3 Å². The molecule has 0 N–H and O–H groups in total. The van der Waals surface area contributed by atoms with Crippen LogP contribution in [0.3, 0.4) is 0 Å². The molecule has 1 aromatic heterocycles. The van der Waals surface area contributed by atoms with Crippen molar-refractivity contribution in [2.45, 2.75) is 46.6 Å². The minimum absolute atomic E-state index is 0.190. The highest BCUT2D eigenvalue weighted by Gasteiger charge is 2.19. The summed E-state index contributed by atoms with van der Waals surface area (Å²) in [5, 5.41) is 5.06. The highest BCUT2D eigenvalue weighted by atomic mass is 16.6. The normalized spacial score (nSPS) is 12.1. The Morgan fingerprint density at radius 2 is 1.78 bits per heavy atom. The van der Waals surface area contributed by atoms with E-state index in [0.29, 0.717) is 40.4 Å². The Kier molecular flexibility index (Phi) is 9.07. The highest BCUT2D eigenvalue weighted by Crippen LogP contribution is 2.34. The largest absolute Gasteiger partial charge is 0.494 e. The van der Waals surface area contributed by atoms with E-state index < -0.39 is 12.1 Å². The number of rotatable bonds is 10. The lowest BCUT2D eigenvalue weighted by atomic mass is 9.96. The van der Waals surface area contributed by atoms with Gasteiger partial charge in [-0.2, -0.15) is 9.78 Å². The first-order valence-electron chi connectivity index (χ1n) is 13.4. The second kappa shape index (κ2) is 12.7. The number of carbonyl (C=O) groups is 1. The number of fused-ring (bicyclic) bond motifs is 1. The molecule has 0 aliphatic carbocycles. The quantitative estimate of drug-likeness (QED) is 0.181. The third kappa shape index (κ3) is 6.24. The molecule has 9 heteroatoms. The van der Waals surface area contributed by atoms with Crippen LogP contribution in [0.2, 0.25) is 0 Å². The highest BCUT2D eigenvalue weighted by molar-refractivity contribution is 5.83. The van der Waals surface area contributed by atoms with Crippen molar-refractivity contribution in [1.82, 2.24) is 9.66 Å². The molecule has 0 radical (unpaired) electrons. The molecule has 9 nitrogen and oxygen atoms in total. The fourth-order valence-electron chi connectivity index (χ4n) is 4.47. The molecule has 0 spiro atoms. The van der Waals surface area contributed by atoms with Crippen molar-refractivity contribution in [3.63, 3.8) is 0 Å². The number of aryl methyl sites for hydroxylation is 1. The lowest BCUT2D eigenvalue weighted by Gasteiger charge is -2.18. The fourth-order valence-corrected chi connectivity index (χ4v) is 4.47. The standard InChI is InChI=1S/C32H35N3O6/c1-8-40-28-15-20(4)25(17-24(28)19(2)3)30-34-26-12-10-9-11-23(26)31(36)35(30)33-18-22-13-14-27(29(16-22)38-6)41-21(5)32(37)39-7/h9-19,21H,8H2,1-7H3/t21-/m1/s1. The topological polar surface area (TPSA) is 101 Å². The zero-order valence-electron chi connectivity index (χ0n) is 24.4. The molecule has 0 amide bonds. The van der Waals surface area contributed by atoms with Crippen molar-refractivity contribution < 1.29 is 23.7 Å². The number of benzene rings is 3. The third-order valence-electron chi connectivity index (χ3n) is 6.62. The molecule has 0 unspecified atom stereocenters. The zero-order chi connectivity index (χ0) is 29.7. The first-order valence-corrected chi connectivity index (χ1v) is 13.4. The Morgan fingerprint density at radius 3 is 2.46 bits per heavy atom. The summed E-state index contributed by atoms with van der Waals surface area (Å²) < 4.78 is 23.1. The minimum Gasteiger partial charge on any atom is -0.494 e. The average Bonchev–Trinajstić information content (AvgIpc) is 2.96. The smallest absolute Gasteiger partial charge is 0.346 e. The van der Waals surface area contributed by atoms with Crippen molar-refractivity contribution in [2.75, 3.05) is 20.8 Å². The molecule has 4 aromatic rings. The molecule has 1 atom stereocenters. The summed E-state index contributed by atoms with van der Waals surface area (Å²) >= 11 is 0. The number of ether oxygens (including phenoxy) is 4. The van der Waals surface area contributed by atoms with Gasteiger partial charge in [-0.15, -0.1) is 0 Å². The van der Waals surface area contributed by atoms with Crippen molar-refractivity contribution in [3.05, 3.63) is 81.6 Å². The number of esters is 1. The Morgan fingerprint density at radius 1 is 1.02 bits per heavy atom. The van der Waals surface area contributed by atoms with Crippen molar-refractivity contribution in [2.24, 2.45) is 5.10 Å². The van der Waals surface area contributed by atoms with Crippen molar-refractivity contribution >= 4 is 23.1 Å². The van der Waals surface area contributed by atoms with E-state index in [4.69, 9.17) is 23.9 Å². The molecule has 0 bridgehead atoms. The van der Waals surface area contributed by atoms with Gasteiger partial charge in [0.05, 0.1) is 37.9 Å². The predicted molar refractivity (Wildman–Crippen MR) is 160 cm³/mol. The molecule has 0 aliphatic heterocycles. The van der Waals surface area contributed by atoms with Crippen molar-refractivity contribution in [3.8, 4) is 28.6 Å². The van der Waals surface area contributed by atoms with Crippen LogP contribution >= 0.6 is 0 Å². The summed E-state index contributed by atoms with van der Waals surface area (Å²) in [5.74, 6) is 1.70. The first-order chi connectivity index (χ1) is 19.7. The van der Waals surface area contributed by atoms with Gasteiger partial charge in [0, 0.05) is 5.56 Å². The van der Waals surface area contributed by atoms with E-state index in [1.807, 2.05) is 38.1 Å². The van der Waals surface area contributed by atoms with Crippen LogP contribution < -0.4 is 19.8 Å². The van der Waals surface area contributed by atoms with Gasteiger partial charge in [-0.25, -0.2) is 9.78 Å². The number of hydrogen-bond donors (Lipinski definition) is 0. The molecule has 1 heterocycles. The molecule has 41 heavy (non-hydrogen) atoms. The number of methoxy groups -OCH3 is 2. The number of hydrogen-bond acceptors (Lipinski definition) is 8. The molecule has 0 fully saturated rings. The summed E-state index contributed by atoms with van der Waals surface area (Å²) in [6, 6.07) is 16.4. The molecule has 4 rings (SSSR count). The SMILES string of the molecule is CCOc1cc(C)c(-c2nc3ccccc3c(=O)n2N=Cc2ccc(O[C@H](C)C(=O)OC)c(OC)c2)cc1C(C)C. The van der Waals surface area contributed by atoms with E-state index in [9.17, 15) is 9.59 Å². The van der Waals surface area contributed by atoms with Crippen LogP contribution in [0.15, 0.2) is 64.5 Å². The summed E-state index contributed by atoms with van der Waals surface area (Å²) in [7, 11) is 2.80. The molecule has 214 valence electrons. The van der Waals surface area contributed by atoms with Crippen LogP contribution in [0, 0.1) is 6.92 Å². The Labute approximate surface area is 239 Å². The summed E-state index contributed by atoms with van der Waals surface area (Å²) in [6.45, 7) is 10.3. The monoisotopic (exact) mass is 557 g/mol. The van der Waals surface area contributed by atoms with Crippen LogP contribution in [0.25, 0.3) is 22.3 Å². The van der Waals surface area contributed by atoms with Crippen molar-refractivity contribution in [1.29, 1.82) is 0 Å². The van der Waals surface area contributed by atoms with E-state index in [1.165, 1.54) is 18.9 Å². The Bertz CT molecular complexity index is 1660. The fraction of sp³-hybridized carbons (Fsp3) is 0.312. The maximum absolute atomic E-state index is 13.7. The molecular weight excluding hydrogens is 522 g/mol. The third-order valence-corrected chi connectivity index (χ3v) is 6.62. The number of carbonyl (C=O) groups excluding carboxylic acids is 1. The van der Waals surface area contributed by atoms with E-state index in [1.54, 1.807) is 43.5 Å². The molecule has 0 saturated heterocycles. The molecular formula is C32H35N3O6. The predicted octanol–water partition coefficient (Wildman–Crippen LogP) is 5.73. The number of aromatic nitrogens is 2. The maximum Gasteiger partial charge on any atom is 0.346 e. The summed E-state index contributed by atoms with van der Waals surface area (Å²) in [6.07, 6.45) is 0.747. The minimum atomic E-state index is -0.814. The second-order valence-electron chi connectivity index (χ2n) is 9.80. The van der Waals surface area contributed by atoms with Gasteiger partial charge in [0.2, 0.25) is 0 Å². The van der Waals surface area contributed by atoms with Gasteiger partial charge >= 0.3 is 5.97 Å².